The molecular formula is C32H53FN6O3SSi2. The lowest BCUT2D eigenvalue weighted by molar-refractivity contribution is 0.173. The van der Waals surface area contributed by atoms with Gasteiger partial charge in [0.1, 0.15) is 8.24 Å². The SMILES string of the molecule is CC(Cn1cc(F)c(S(=O)(=NC(=O)Nc2c3c(nc4c2CCC42CC2)CCC3)N[Si](C)(C)C(C)(C)C)n1)O[Si](C)(C)C(C)(C)C. The minimum absolute atomic E-state index is 0.0176. The maximum Gasteiger partial charge on any atom is 0.354 e. The van der Waals surface area contributed by atoms with Crippen LogP contribution in [0.4, 0.5) is 14.9 Å². The number of anilines is 1. The van der Waals surface area contributed by atoms with E-state index in [0.717, 1.165) is 73.1 Å². The zero-order valence-corrected chi connectivity index (χ0v) is 31.9. The molecule has 3 aliphatic carbocycles. The molecule has 5 rings (SSSR count). The predicted octanol–water partition coefficient (Wildman–Crippen LogP) is 7.86. The Kier molecular flexibility index (Phi) is 8.67. The van der Waals surface area contributed by atoms with Gasteiger partial charge in [-0.05, 0) is 86.2 Å². The van der Waals surface area contributed by atoms with Gasteiger partial charge in [-0.3, -0.25) is 9.67 Å². The molecule has 1 saturated carbocycles. The lowest BCUT2D eigenvalue weighted by Crippen LogP contribution is -2.54. The maximum atomic E-state index is 15.8. The van der Waals surface area contributed by atoms with Crippen molar-refractivity contribution in [2.75, 3.05) is 5.32 Å². The Morgan fingerprint density at radius 2 is 1.76 bits per heavy atom. The lowest BCUT2D eigenvalue weighted by atomic mass is 10.0. The third kappa shape index (κ3) is 6.61. The fourth-order valence-corrected chi connectivity index (χ4v) is 13.0. The molecular weight excluding hydrogens is 624 g/mol. The molecule has 0 radical (unpaired) electrons. The molecule has 2 N–H and O–H groups in total. The van der Waals surface area contributed by atoms with Crippen LogP contribution >= 0.6 is 0 Å². The summed E-state index contributed by atoms with van der Waals surface area (Å²) < 4.78 is 46.0. The quantitative estimate of drug-likeness (QED) is 0.277. The van der Waals surface area contributed by atoms with Crippen LogP contribution in [0.25, 0.3) is 0 Å². The van der Waals surface area contributed by atoms with Gasteiger partial charge in [-0.15, -0.1) is 4.36 Å². The second-order valence-electron chi connectivity index (χ2n) is 16.6. The number of hydrogen-bond donors (Lipinski definition) is 2. The number of nitrogens with zero attached hydrogens (tertiary/aromatic N) is 4. The Morgan fingerprint density at radius 3 is 2.36 bits per heavy atom. The number of rotatable bonds is 8. The van der Waals surface area contributed by atoms with Crippen LogP contribution in [0.3, 0.4) is 0 Å². The molecule has 250 valence electrons. The van der Waals surface area contributed by atoms with Crippen molar-refractivity contribution in [3.8, 4) is 0 Å². The van der Waals surface area contributed by atoms with Crippen LogP contribution in [0.2, 0.25) is 36.3 Å². The lowest BCUT2D eigenvalue weighted by Gasteiger charge is -2.38. The number of hydrogen-bond acceptors (Lipinski definition) is 5. The van der Waals surface area contributed by atoms with Crippen molar-refractivity contribution in [1.82, 2.24) is 19.2 Å². The van der Waals surface area contributed by atoms with E-state index in [0.29, 0.717) is 0 Å². The summed E-state index contributed by atoms with van der Waals surface area (Å²) in [6.07, 6.45) is 7.88. The Morgan fingerprint density at radius 1 is 1.09 bits per heavy atom. The number of aromatic nitrogens is 3. The van der Waals surface area contributed by atoms with E-state index < -0.39 is 38.3 Å². The van der Waals surface area contributed by atoms with E-state index in [4.69, 9.17) is 9.41 Å². The fraction of sp³-hybridized carbons (Fsp3) is 0.719. The van der Waals surface area contributed by atoms with Crippen LogP contribution in [-0.4, -0.2) is 47.7 Å². The van der Waals surface area contributed by atoms with Gasteiger partial charge in [-0.1, -0.05) is 54.6 Å². The minimum atomic E-state index is -3.80. The molecule has 1 spiro atoms. The Bertz CT molecular complexity index is 1630. The third-order valence-corrected chi connectivity index (χ3v) is 23.7. The van der Waals surface area contributed by atoms with Crippen LogP contribution in [0.15, 0.2) is 15.6 Å². The molecule has 0 aromatic carbocycles. The highest BCUT2D eigenvalue weighted by atomic mass is 32.2. The maximum absolute atomic E-state index is 15.8. The topological polar surface area (TPSA) is 110 Å². The first kappa shape index (κ1) is 34.4. The summed E-state index contributed by atoms with van der Waals surface area (Å²) in [5.41, 5.74) is 5.26. The Hall–Kier alpha value is -1.94. The summed E-state index contributed by atoms with van der Waals surface area (Å²) in [4.78, 5) is 18.9. The van der Waals surface area contributed by atoms with Gasteiger partial charge in [0.15, 0.2) is 24.0 Å². The molecule has 2 aromatic heterocycles. The number of halogens is 1. The Balaban J connectivity index is 1.50. The van der Waals surface area contributed by atoms with E-state index in [2.05, 4.69) is 73.8 Å². The summed E-state index contributed by atoms with van der Waals surface area (Å²) in [6.45, 7) is 23.3. The zero-order valence-electron chi connectivity index (χ0n) is 29.1. The fourth-order valence-electron chi connectivity index (χ4n) is 6.08. The summed E-state index contributed by atoms with van der Waals surface area (Å²) in [6, 6.07) is -0.756. The minimum Gasteiger partial charge on any atom is -0.412 e. The van der Waals surface area contributed by atoms with Crippen molar-refractivity contribution in [3.63, 3.8) is 0 Å². The number of urea groups is 1. The third-order valence-electron chi connectivity index (χ3n) is 10.9. The van der Waals surface area contributed by atoms with E-state index in [-0.39, 0.29) is 33.2 Å². The monoisotopic (exact) mass is 676 g/mol. The largest absolute Gasteiger partial charge is 0.412 e. The van der Waals surface area contributed by atoms with Crippen LogP contribution in [-0.2, 0) is 45.6 Å². The molecule has 3 aliphatic rings. The van der Waals surface area contributed by atoms with Gasteiger partial charge in [0.2, 0.25) is 5.03 Å². The summed E-state index contributed by atoms with van der Waals surface area (Å²) >= 11 is 0. The normalized spacial score (nSPS) is 19.6. The number of carbonyl (C=O) groups excluding carboxylic acids is 1. The molecule has 2 atom stereocenters. The Labute approximate surface area is 271 Å². The first-order valence-electron chi connectivity index (χ1n) is 16.4. The van der Waals surface area contributed by atoms with Crippen LogP contribution < -0.4 is 9.70 Å². The van der Waals surface area contributed by atoms with Crippen LogP contribution in [0, 0.1) is 5.82 Å². The molecule has 0 aliphatic heterocycles. The zero-order chi connectivity index (χ0) is 33.4. The van der Waals surface area contributed by atoms with Crippen LogP contribution in [0.1, 0.15) is 96.7 Å². The predicted molar refractivity (Wildman–Crippen MR) is 184 cm³/mol. The summed E-state index contributed by atoms with van der Waals surface area (Å²) in [7, 11) is -8.44. The highest BCUT2D eigenvalue weighted by Crippen LogP contribution is 2.58. The highest BCUT2D eigenvalue weighted by Gasteiger charge is 2.51. The number of amides is 2. The number of pyridine rings is 1. The first-order chi connectivity index (χ1) is 20.6. The standard InChI is InChI=1S/C32H53FN6O3SSi2/c1-21(42-45(10,11)31(5,6)7)19-39-20-24(33)28(36-39)43(41,38-44(8,9)30(2,3)4)37-29(40)35-26-22-13-12-14-25(22)34-27-23(26)15-16-32(27)17-18-32/h20-21H,12-19H2,1-11H3,(H2,34,35,37,38,40,41). The molecule has 2 heterocycles. The van der Waals surface area contributed by atoms with Gasteiger partial charge in [-0.2, -0.15) is 5.10 Å². The van der Waals surface area contributed by atoms with Crippen molar-refractivity contribution in [2.45, 2.75) is 153 Å². The number of carbonyl (C=O) groups is 1. The second-order valence-corrected chi connectivity index (χ2v) is 28.5. The van der Waals surface area contributed by atoms with Gasteiger partial charge in [0.25, 0.3) is 0 Å². The molecule has 1 fully saturated rings. The number of nitrogens with one attached hydrogen (secondary N) is 2. The van der Waals surface area contributed by atoms with Gasteiger partial charge in [0.05, 0.1) is 30.2 Å². The smallest absolute Gasteiger partial charge is 0.354 e. The van der Waals surface area contributed by atoms with Crippen molar-refractivity contribution >= 4 is 38.2 Å². The average molecular weight is 677 g/mol. The summed E-state index contributed by atoms with van der Waals surface area (Å²) in [5.74, 6) is -0.761. The van der Waals surface area contributed by atoms with Crippen LogP contribution in [0.5, 0.6) is 0 Å². The molecule has 2 unspecified atom stereocenters. The van der Waals surface area contributed by atoms with Crippen molar-refractivity contribution in [3.05, 3.63) is 34.5 Å². The van der Waals surface area contributed by atoms with Crippen molar-refractivity contribution in [2.24, 2.45) is 4.36 Å². The van der Waals surface area contributed by atoms with E-state index in [1.807, 2.05) is 20.0 Å². The molecule has 2 amide bonds. The first-order valence-corrected chi connectivity index (χ1v) is 23.8. The van der Waals surface area contributed by atoms with Gasteiger partial charge in [-0.25, -0.2) is 17.8 Å². The molecule has 0 bridgehead atoms. The van der Waals surface area contributed by atoms with Gasteiger partial charge < -0.3 is 9.74 Å². The summed E-state index contributed by atoms with van der Waals surface area (Å²) in [5, 5.41) is 6.90. The molecule has 13 heteroatoms. The van der Waals surface area contributed by atoms with E-state index in [9.17, 15) is 9.00 Å². The number of fused-ring (bicyclic) bond motifs is 3. The molecule has 45 heavy (non-hydrogen) atoms. The van der Waals surface area contributed by atoms with E-state index >= 15 is 4.39 Å². The average Bonchev–Trinajstić information content (AvgIpc) is 3.16. The van der Waals surface area contributed by atoms with E-state index in [1.54, 1.807) is 0 Å². The van der Waals surface area contributed by atoms with Crippen molar-refractivity contribution < 1.29 is 17.8 Å². The molecule has 0 saturated heterocycles. The molecule has 2 aromatic rings. The van der Waals surface area contributed by atoms with Crippen molar-refractivity contribution in [1.29, 1.82) is 0 Å². The van der Waals surface area contributed by atoms with Gasteiger partial charge in [0, 0.05) is 11.1 Å². The highest BCUT2D eigenvalue weighted by molar-refractivity contribution is 7.93. The molecule has 9 nitrogen and oxygen atoms in total. The second kappa shape index (κ2) is 11.3. The number of aryl methyl sites for hydroxylation is 1. The van der Waals surface area contributed by atoms with E-state index in [1.165, 1.54) is 10.9 Å². The van der Waals surface area contributed by atoms with Gasteiger partial charge >= 0.3 is 6.03 Å².